The zero-order valence-electron chi connectivity index (χ0n) is 17.9. The summed E-state index contributed by atoms with van der Waals surface area (Å²) in [6.07, 6.45) is 10.3. The van der Waals surface area contributed by atoms with Gasteiger partial charge in [0.1, 0.15) is 11.7 Å². The topological polar surface area (TPSA) is 93.8 Å². The Balaban J connectivity index is 1.49. The van der Waals surface area contributed by atoms with Gasteiger partial charge in [0.05, 0.1) is 18.2 Å². The average Bonchev–Trinajstić information content (AvgIpc) is 3.41. The molecule has 1 aliphatic rings. The number of nitrogens with zero attached hydrogens (tertiary/aromatic N) is 4. The zero-order chi connectivity index (χ0) is 21.8. The lowest BCUT2D eigenvalue weighted by molar-refractivity contribution is -0.119. The Morgan fingerprint density at radius 1 is 1.06 bits per heavy atom. The predicted molar refractivity (Wildman–Crippen MR) is 118 cm³/mol. The van der Waals surface area contributed by atoms with Crippen molar-refractivity contribution in [3.05, 3.63) is 54.7 Å². The molecule has 8 nitrogen and oxygen atoms in total. The number of hydrogen-bond acceptors (Lipinski definition) is 4. The number of carbonyl (C=O) groups is 2. The van der Waals surface area contributed by atoms with Gasteiger partial charge in [-0.05, 0) is 42.5 Å². The molecular weight excluding hydrogens is 392 g/mol. The maximum absolute atomic E-state index is 13.2. The van der Waals surface area contributed by atoms with Gasteiger partial charge < -0.3 is 15.2 Å². The third-order valence-electron chi connectivity index (χ3n) is 6.01. The number of aryl methyl sites for hydroxylation is 2. The normalized spacial score (nSPS) is 15.4. The summed E-state index contributed by atoms with van der Waals surface area (Å²) in [5.41, 5.74) is 3.16. The maximum atomic E-state index is 13.2. The van der Waals surface area contributed by atoms with Crippen molar-refractivity contribution < 1.29 is 9.59 Å². The van der Waals surface area contributed by atoms with Gasteiger partial charge in [-0.3, -0.25) is 14.3 Å². The second-order valence-corrected chi connectivity index (χ2v) is 8.15. The molecule has 2 heterocycles. The van der Waals surface area contributed by atoms with Crippen molar-refractivity contribution >= 4 is 17.5 Å². The Bertz CT molecular complexity index is 1050. The summed E-state index contributed by atoms with van der Waals surface area (Å²) in [6.45, 7) is 0. The molecule has 2 amide bonds. The van der Waals surface area contributed by atoms with E-state index in [-0.39, 0.29) is 17.7 Å². The average molecular weight is 421 g/mol. The minimum absolute atomic E-state index is 0.125. The zero-order valence-corrected chi connectivity index (χ0v) is 17.9. The van der Waals surface area contributed by atoms with E-state index in [4.69, 9.17) is 0 Å². The van der Waals surface area contributed by atoms with E-state index >= 15 is 0 Å². The summed E-state index contributed by atoms with van der Waals surface area (Å²) in [4.78, 5) is 30.1. The Hall–Kier alpha value is -3.42. The molecule has 0 saturated heterocycles. The fourth-order valence-corrected chi connectivity index (χ4v) is 4.26. The van der Waals surface area contributed by atoms with Crippen LogP contribution in [0.4, 0.5) is 5.69 Å². The van der Waals surface area contributed by atoms with Crippen LogP contribution in [0.3, 0.4) is 0 Å². The molecule has 0 spiro atoms. The van der Waals surface area contributed by atoms with Crippen LogP contribution in [-0.4, -0.2) is 37.2 Å². The van der Waals surface area contributed by atoms with Crippen LogP contribution in [0.5, 0.6) is 0 Å². The smallest absolute Gasteiger partial charge is 0.270 e. The van der Waals surface area contributed by atoms with Crippen LogP contribution in [0.15, 0.2) is 49.1 Å². The number of imidazole rings is 1. The van der Waals surface area contributed by atoms with Gasteiger partial charge in [0, 0.05) is 26.0 Å². The monoisotopic (exact) mass is 420 g/mol. The van der Waals surface area contributed by atoms with Gasteiger partial charge in [0.15, 0.2) is 0 Å². The molecule has 1 fully saturated rings. The first kappa shape index (κ1) is 20.8. The Morgan fingerprint density at radius 2 is 1.81 bits per heavy atom. The maximum Gasteiger partial charge on any atom is 0.270 e. The quantitative estimate of drug-likeness (QED) is 0.641. The molecule has 162 valence electrons. The number of amides is 2. The molecule has 2 aromatic heterocycles. The van der Waals surface area contributed by atoms with Crippen molar-refractivity contribution in [2.75, 3.05) is 5.32 Å². The molecule has 1 aliphatic carbocycles. The van der Waals surface area contributed by atoms with E-state index in [0.717, 1.165) is 36.9 Å². The summed E-state index contributed by atoms with van der Waals surface area (Å²) >= 11 is 0. The summed E-state index contributed by atoms with van der Waals surface area (Å²) in [5.74, 6) is -0.340. The van der Waals surface area contributed by atoms with Crippen LogP contribution in [0, 0.1) is 5.92 Å². The van der Waals surface area contributed by atoms with Gasteiger partial charge in [0.25, 0.3) is 5.91 Å². The van der Waals surface area contributed by atoms with Crippen molar-refractivity contribution in [3.63, 3.8) is 0 Å². The molecule has 2 N–H and O–H groups in total. The number of aromatic nitrogens is 4. The molecule has 0 unspecified atom stereocenters. The molecule has 1 aromatic carbocycles. The third-order valence-corrected chi connectivity index (χ3v) is 6.01. The first-order valence-corrected chi connectivity index (χ1v) is 10.7. The molecule has 3 aromatic rings. The lowest BCUT2D eigenvalue weighted by atomic mass is 9.83. The molecule has 0 aliphatic heterocycles. The summed E-state index contributed by atoms with van der Waals surface area (Å²) in [6, 6.07) is 8.73. The highest BCUT2D eigenvalue weighted by atomic mass is 16.2. The number of benzene rings is 1. The molecule has 4 rings (SSSR count). The highest BCUT2D eigenvalue weighted by Crippen LogP contribution is 2.28. The molecule has 8 heteroatoms. The molecule has 0 bridgehead atoms. The largest absolute Gasteiger partial charge is 0.339 e. The van der Waals surface area contributed by atoms with Crippen molar-refractivity contribution in [1.82, 2.24) is 24.6 Å². The molecule has 0 radical (unpaired) electrons. The van der Waals surface area contributed by atoms with Crippen molar-refractivity contribution in [2.45, 2.75) is 38.1 Å². The minimum Gasteiger partial charge on any atom is -0.339 e. The Kier molecular flexibility index (Phi) is 6.16. The fraction of sp³-hybridized carbons (Fsp3) is 0.391. The summed E-state index contributed by atoms with van der Waals surface area (Å²) in [5, 5.41) is 10.0. The lowest BCUT2D eigenvalue weighted by Gasteiger charge is -2.30. The second kappa shape index (κ2) is 9.16. The SMILES string of the molecule is Cn1cncc1-c1ccc(NC(=O)[C@@H](NC(=O)c2ccnn2C)C2CCCCC2)cc1. The van der Waals surface area contributed by atoms with Crippen molar-refractivity contribution in [3.8, 4) is 11.3 Å². The van der Waals surface area contributed by atoms with Crippen molar-refractivity contribution in [2.24, 2.45) is 20.0 Å². The van der Waals surface area contributed by atoms with E-state index in [1.807, 2.05) is 35.9 Å². The Labute approximate surface area is 181 Å². The van der Waals surface area contributed by atoms with Crippen LogP contribution in [-0.2, 0) is 18.9 Å². The number of nitrogens with one attached hydrogen (secondary N) is 2. The number of anilines is 1. The molecular formula is C23H28N6O2. The number of hydrogen-bond donors (Lipinski definition) is 2. The number of carbonyl (C=O) groups excluding carboxylic acids is 2. The van der Waals surface area contributed by atoms with E-state index in [0.29, 0.717) is 11.4 Å². The van der Waals surface area contributed by atoms with Gasteiger partial charge in [-0.1, -0.05) is 31.4 Å². The molecule has 1 saturated carbocycles. The van der Waals surface area contributed by atoms with E-state index in [2.05, 4.69) is 20.7 Å². The summed E-state index contributed by atoms with van der Waals surface area (Å²) in [7, 11) is 3.66. The van der Waals surface area contributed by atoms with E-state index in [9.17, 15) is 9.59 Å². The first-order chi connectivity index (χ1) is 15.0. The van der Waals surface area contributed by atoms with Crippen LogP contribution < -0.4 is 10.6 Å². The Morgan fingerprint density at radius 3 is 2.42 bits per heavy atom. The lowest BCUT2D eigenvalue weighted by Crippen LogP contribution is -2.49. The first-order valence-electron chi connectivity index (χ1n) is 10.7. The van der Waals surface area contributed by atoms with Crippen LogP contribution in [0.25, 0.3) is 11.3 Å². The van der Waals surface area contributed by atoms with E-state index in [1.54, 1.807) is 31.8 Å². The minimum atomic E-state index is -0.584. The third kappa shape index (κ3) is 4.68. The molecule has 1 atom stereocenters. The van der Waals surface area contributed by atoms with E-state index < -0.39 is 6.04 Å². The van der Waals surface area contributed by atoms with Gasteiger partial charge in [0.2, 0.25) is 5.91 Å². The van der Waals surface area contributed by atoms with Crippen molar-refractivity contribution in [1.29, 1.82) is 0 Å². The highest BCUT2D eigenvalue weighted by Gasteiger charge is 2.31. The van der Waals surface area contributed by atoms with Crippen LogP contribution in [0.2, 0.25) is 0 Å². The summed E-state index contributed by atoms with van der Waals surface area (Å²) < 4.78 is 3.46. The molecule has 31 heavy (non-hydrogen) atoms. The van der Waals surface area contributed by atoms with Gasteiger partial charge in [-0.2, -0.15) is 5.10 Å². The van der Waals surface area contributed by atoms with Gasteiger partial charge >= 0.3 is 0 Å². The van der Waals surface area contributed by atoms with Gasteiger partial charge in [-0.25, -0.2) is 4.98 Å². The predicted octanol–water partition coefficient (Wildman–Crippen LogP) is 3.14. The number of rotatable bonds is 6. The van der Waals surface area contributed by atoms with Gasteiger partial charge in [-0.15, -0.1) is 0 Å². The van der Waals surface area contributed by atoms with Crippen LogP contribution in [0.1, 0.15) is 42.6 Å². The highest BCUT2D eigenvalue weighted by molar-refractivity contribution is 6.00. The fourth-order valence-electron chi connectivity index (χ4n) is 4.26. The van der Waals surface area contributed by atoms with E-state index in [1.165, 1.54) is 11.1 Å². The second-order valence-electron chi connectivity index (χ2n) is 8.15. The van der Waals surface area contributed by atoms with Crippen LogP contribution >= 0.6 is 0 Å². The standard InChI is InChI=1S/C23H28N6O2/c1-28-15-24-14-20(28)16-8-10-18(11-9-16)26-23(31)21(17-6-4-3-5-7-17)27-22(30)19-12-13-25-29(19)2/h8-15,17,21H,3-7H2,1-2H3,(H,26,31)(H,27,30)/t21-/m0/s1.